The number of hydrogen-bond acceptors (Lipinski definition) is 3. The van der Waals surface area contributed by atoms with Crippen LogP contribution in [0.3, 0.4) is 0 Å². The van der Waals surface area contributed by atoms with E-state index < -0.39 is 0 Å². The first kappa shape index (κ1) is 28.4. The Labute approximate surface area is 254 Å². The monoisotopic (exact) mass is 565 g/mol. The molecule has 43 heavy (non-hydrogen) atoms. The zero-order valence-corrected chi connectivity index (χ0v) is 25.8. The van der Waals surface area contributed by atoms with Crippen LogP contribution < -0.4 is 0 Å². The van der Waals surface area contributed by atoms with Gasteiger partial charge in [0.1, 0.15) is 11.6 Å². The van der Waals surface area contributed by atoms with E-state index in [1.165, 1.54) is 22.4 Å². The maximum absolute atomic E-state index is 10.8. The number of benzene rings is 4. The fraction of sp³-hybridized carbons (Fsp3) is 0.231. The molecule has 6 rings (SSSR count). The summed E-state index contributed by atoms with van der Waals surface area (Å²) in [6.07, 6.45) is 3.97. The van der Waals surface area contributed by atoms with Crippen molar-refractivity contribution >= 4 is 10.8 Å². The van der Waals surface area contributed by atoms with Crippen LogP contribution in [0, 0.1) is 0 Å². The van der Waals surface area contributed by atoms with Crippen molar-refractivity contribution < 1.29 is 5.11 Å². The minimum atomic E-state index is 0.224. The lowest BCUT2D eigenvalue weighted by molar-refractivity contribution is 0.477. The van der Waals surface area contributed by atoms with Gasteiger partial charge >= 0.3 is 0 Å². The molecule has 0 amide bonds. The molecule has 4 heteroatoms. The average molecular weight is 566 g/mol. The SMILES string of the molecule is CC(C)c1ccc2c(-c3ccccc3O)nc(-c3cccc(-c4nccn4-c4c(C(C)C)cccc4C(C)C)c3)cc2c1. The predicted molar refractivity (Wildman–Crippen MR) is 179 cm³/mol. The summed E-state index contributed by atoms with van der Waals surface area (Å²) >= 11 is 0. The number of pyridine rings is 1. The van der Waals surface area contributed by atoms with E-state index in [0.29, 0.717) is 17.8 Å². The quantitative estimate of drug-likeness (QED) is 0.209. The van der Waals surface area contributed by atoms with Crippen molar-refractivity contribution in [3.05, 3.63) is 120 Å². The summed E-state index contributed by atoms with van der Waals surface area (Å²) in [5, 5.41) is 12.9. The lowest BCUT2D eigenvalue weighted by atomic mass is 9.92. The molecule has 0 unspecified atom stereocenters. The second kappa shape index (κ2) is 11.5. The van der Waals surface area contributed by atoms with E-state index in [0.717, 1.165) is 44.7 Å². The molecule has 1 N–H and O–H groups in total. The smallest absolute Gasteiger partial charge is 0.144 e. The number of phenolic OH excluding ortho intramolecular Hbond substituents is 1. The number of nitrogens with zero attached hydrogens (tertiary/aromatic N) is 3. The predicted octanol–water partition coefficient (Wildman–Crippen LogP) is 10.5. The molecule has 0 aliphatic carbocycles. The van der Waals surface area contributed by atoms with Crippen LogP contribution >= 0.6 is 0 Å². The van der Waals surface area contributed by atoms with Gasteiger partial charge in [-0.2, -0.15) is 0 Å². The topological polar surface area (TPSA) is 50.9 Å². The van der Waals surface area contributed by atoms with Crippen molar-refractivity contribution in [3.63, 3.8) is 0 Å². The van der Waals surface area contributed by atoms with Crippen LogP contribution in [0.2, 0.25) is 0 Å². The molecule has 0 atom stereocenters. The van der Waals surface area contributed by atoms with E-state index in [1.54, 1.807) is 6.07 Å². The average Bonchev–Trinajstić information content (AvgIpc) is 3.50. The molecule has 216 valence electrons. The van der Waals surface area contributed by atoms with E-state index in [9.17, 15) is 5.11 Å². The number of imidazole rings is 1. The third-order valence-electron chi connectivity index (χ3n) is 8.32. The maximum Gasteiger partial charge on any atom is 0.144 e. The molecule has 4 nitrogen and oxygen atoms in total. The Morgan fingerprint density at radius 2 is 1.37 bits per heavy atom. The molecule has 0 bridgehead atoms. The lowest BCUT2D eigenvalue weighted by Crippen LogP contribution is -2.07. The molecule has 0 aliphatic heterocycles. The third-order valence-corrected chi connectivity index (χ3v) is 8.32. The van der Waals surface area contributed by atoms with Crippen LogP contribution in [0.25, 0.3) is 50.4 Å². The second-order valence-corrected chi connectivity index (χ2v) is 12.3. The van der Waals surface area contributed by atoms with Gasteiger partial charge in [0.05, 0.1) is 17.1 Å². The Balaban J connectivity index is 1.54. The number of hydrogen-bond donors (Lipinski definition) is 1. The number of aromatic hydroxyl groups is 1. The Kier molecular flexibility index (Phi) is 7.62. The number of phenols is 1. The number of para-hydroxylation sites is 2. The lowest BCUT2D eigenvalue weighted by Gasteiger charge is -2.22. The van der Waals surface area contributed by atoms with Gasteiger partial charge in [-0.1, -0.05) is 108 Å². The molecule has 4 aromatic carbocycles. The van der Waals surface area contributed by atoms with Crippen LogP contribution in [-0.2, 0) is 0 Å². The summed E-state index contributed by atoms with van der Waals surface area (Å²) in [5.41, 5.74) is 9.50. The van der Waals surface area contributed by atoms with E-state index >= 15 is 0 Å². The van der Waals surface area contributed by atoms with Crippen molar-refractivity contribution in [1.82, 2.24) is 14.5 Å². The van der Waals surface area contributed by atoms with Gasteiger partial charge in [-0.25, -0.2) is 9.97 Å². The molecule has 2 aromatic heterocycles. The summed E-state index contributed by atoms with van der Waals surface area (Å²) in [4.78, 5) is 10.0. The van der Waals surface area contributed by atoms with Crippen LogP contribution in [0.15, 0.2) is 103 Å². The normalized spacial score (nSPS) is 11.7. The van der Waals surface area contributed by atoms with E-state index in [2.05, 4.69) is 119 Å². The minimum absolute atomic E-state index is 0.224. The van der Waals surface area contributed by atoms with E-state index in [4.69, 9.17) is 9.97 Å². The fourth-order valence-corrected chi connectivity index (χ4v) is 5.97. The third kappa shape index (κ3) is 5.34. The first-order valence-corrected chi connectivity index (χ1v) is 15.2. The molecular weight excluding hydrogens is 526 g/mol. The standard InChI is InChI=1S/C39H39N3O/c1-24(2)27-17-18-33-30(21-27)23-35(41-37(33)34-13-7-8-16-36(34)43)28-11-9-12-29(22-28)39-40-19-20-42(39)38-31(25(3)4)14-10-15-32(38)26(5)6/h7-26,43H,1-6H3. The van der Waals surface area contributed by atoms with Crippen molar-refractivity contribution in [2.75, 3.05) is 0 Å². The highest BCUT2D eigenvalue weighted by Gasteiger charge is 2.20. The van der Waals surface area contributed by atoms with Gasteiger partial charge in [-0.05, 0) is 64.1 Å². The molecule has 0 fully saturated rings. The van der Waals surface area contributed by atoms with Crippen molar-refractivity contribution in [2.24, 2.45) is 0 Å². The maximum atomic E-state index is 10.8. The molecular formula is C39H39N3O. The van der Waals surface area contributed by atoms with Crippen LogP contribution in [0.4, 0.5) is 0 Å². The minimum Gasteiger partial charge on any atom is -0.507 e. The summed E-state index contributed by atoms with van der Waals surface area (Å²) < 4.78 is 2.25. The Morgan fingerprint density at radius 3 is 2.07 bits per heavy atom. The number of rotatable bonds is 7. The first-order chi connectivity index (χ1) is 20.7. The van der Waals surface area contributed by atoms with Gasteiger partial charge < -0.3 is 5.11 Å². The zero-order chi connectivity index (χ0) is 30.2. The van der Waals surface area contributed by atoms with Crippen molar-refractivity contribution in [2.45, 2.75) is 59.3 Å². The van der Waals surface area contributed by atoms with Crippen LogP contribution in [0.5, 0.6) is 5.75 Å². The zero-order valence-electron chi connectivity index (χ0n) is 25.8. The van der Waals surface area contributed by atoms with Gasteiger partial charge in [-0.15, -0.1) is 0 Å². The number of aromatic nitrogens is 3. The summed E-state index contributed by atoms with van der Waals surface area (Å²) in [6.45, 7) is 13.4. The summed E-state index contributed by atoms with van der Waals surface area (Å²) in [7, 11) is 0. The van der Waals surface area contributed by atoms with E-state index in [-0.39, 0.29) is 5.75 Å². The van der Waals surface area contributed by atoms with Gasteiger partial charge in [-0.3, -0.25) is 4.57 Å². The van der Waals surface area contributed by atoms with Gasteiger partial charge in [0, 0.05) is 34.5 Å². The fourth-order valence-electron chi connectivity index (χ4n) is 5.97. The van der Waals surface area contributed by atoms with E-state index in [1.807, 2.05) is 24.4 Å². The van der Waals surface area contributed by atoms with Crippen LogP contribution in [-0.4, -0.2) is 19.6 Å². The second-order valence-electron chi connectivity index (χ2n) is 12.3. The Bertz CT molecular complexity index is 1900. The van der Waals surface area contributed by atoms with Crippen molar-refractivity contribution in [3.8, 4) is 45.3 Å². The Morgan fingerprint density at radius 1 is 0.674 bits per heavy atom. The van der Waals surface area contributed by atoms with Gasteiger partial charge in [0.15, 0.2) is 0 Å². The molecule has 6 aromatic rings. The highest BCUT2D eigenvalue weighted by molar-refractivity contribution is 5.98. The summed E-state index contributed by atoms with van der Waals surface area (Å²) in [6, 6.07) is 31.3. The molecule has 0 saturated heterocycles. The molecule has 0 radical (unpaired) electrons. The highest BCUT2D eigenvalue weighted by atomic mass is 16.3. The molecule has 0 spiro atoms. The Hall–Kier alpha value is -4.70. The number of fused-ring (bicyclic) bond motifs is 1. The first-order valence-electron chi connectivity index (χ1n) is 15.2. The summed E-state index contributed by atoms with van der Waals surface area (Å²) in [5.74, 6) is 2.28. The molecule has 2 heterocycles. The molecule has 0 aliphatic rings. The van der Waals surface area contributed by atoms with Gasteiger partial charge in [0.2, 0.25) is 0 Å². The largest absolute Gasteiger partial charge is 0.507 e. The van der Waals surface area contributed by atoms with Gasteiger partial charge in [0.25, 0.3) is 0 Å². The molecule has 0 saturated carbocycles. The van der Waals surface area contributed by atoms with Crippen LogP contribution in [0.1, 0.15) is 76.0 Å². The highest BCUT2D eigenvalue weighted by Crippen LogP contribution is 2.38. The van der Waals surface area contributed by atoms with Crippen molar-refractivity contribution in [1.29, 1.82) is 0 Å².